The van der Waals surface area contributed by atoms with Gasteiger partial charge in [-0.3, -0.25) is 9.69 Å². The maximum Gasteiger partial charge on any atom is 0.307 e. The van der Waals surface area contributed by atoms with Crippen LogP contribution in [0.1, 0.15) is 24.9 Å². The minimum Gasteiger partial charge on any atom is -0.481 e. The summed E-state index contributed by atoms with van der Waals surface area (Å²) in [4.78, 5) is 12.9. The fraction of sp³-hybridized carbons (Fsp3) is 0.462. The molecule has 1 aromatic carbocycles. The number of nitrogens with zero attached hydrogens (tertiary/aromatic N) is 1. The molecule has 2 rings (SSSR count). The summed E-state index contributed by atoms with van der Waals surface area (Å²) in [5, 5.41) is 8.94. The molecule has 0 radical (unpaired) electrons. The standard InChI is InChI=1S/C13H16FNO2/c1-9(11-4-2-3-5-12(11)14)15-7-6-10(8-15)13(16)17/h2-5,9-10H,6-8H2,1H3,(H,16,17)/t9-,10-/m1/s1. The molecule has 1 aromatic rings. The number of aliphatic carboxylic acids is 1. The van der Waals surface area contributed by atoms with E-state index < -0.39 is 5.97 Å². The van der Waals surface area contributed by atoms with E-state index in [1.54, 1.807) is 18.2 Å². The fourth-order valence-corrected chi connectivity index (χ4v) is 2.35. The van der Waals surface area contributed by atoms with Crippen LogP contribution in [-0.2, 0) is 4.79 Å². The summed E-state index contributed by atoms with van der Waals surface area (Å²) >= 11 is 0. The first-order chi connectivity index (χ1) is 8.09. The van der Waals surface area contributed by atoms with Crippen molar-refractivity contribution >= 4 is 5.97 Å². The van der Waals surface area contributed by atoms with Gasteiger partial charge >= 0.3 is 5.97 Å². The Labute approximate surface area is 99.9 Å². The number of halogens is 1. The third-order valence-electron chi connectivity index (χ3n) is 3.47. The zero-order valence-corrected chi connectivity index (χ0v) is 9.77. The monoisotopic (exact) mass is 237 g/mol. The second kappa shape index (κ2) is 4.84. The number of benzene rings is 1. The summed E-state index contributed by atoms with van der Waals surface area (Å²) in [5.74, 6) is -1.30. The van der Waals surface area contributed by atoms with Crippen LogP contribution in [0.5, 0.6) is 0 Å². The Bertz CT molecular complexity index is 422. The van der Waals surface area contributed by atoms with Gasteiger partial charge in [-0.05, 0) is 26.0 Å². The van der Waals surface area contributed by atoms with Crippen molar-refractivity contribution in [3.8, 4) is 0 Å². The van der Waals surface area contributed by atoms with Gasteiger partial charge in [-0.15, -0.1) is 0 Å². The Balaban J connectivity index is 2.09. The highest BCUT2D eigenvalue weighted by Crippen LogP contribution is 2.28. The molecule has 0 amide bonds. The summed E-state index contributed by atoms with van der Waals surface area (Å²) in [6, 6.07) is 6.60. The minimum atomic E-state index is -0.756. The molecule has 2 atom stereocenters. The van der Waals surface area contributed by atoms with Gasteiger partial charge in [-0.25, -0.2) is 4.39 Å². The Morgan fingerprint density at radius 3 is 2.82 bits per heavy atom. The average molecular weight is 237 g/mol. The quantitative estimate of drug-likeness (QED) is 0.876. The van der Waals surface area contributed by atoms with Crippen LogP contribution in [-0.4, -0.2) is 29.1 Å². The van der Waals surface area contributed by atoms with E-state index in [2.05, 4.69) is 0 Å². The van der Waals surface area contributed by atoms with E-state index >= 15 is 0 Å². The lowest BCUT2D eigenvalue weighted by Gasteiger charge is -2.24. The van der Waals surface area contributed by atoms with E-state index in [1.807, 2.05) is 11.8 Å². The SMILES string of the molecule is C[C@H](c1ccccc1F)N1CC[C@@H](C(=O)O)C1. The molecule has 0 aromatic heterocycles. The van der Waals surface area contributed by atoms with E-state index in [0.29, 0.717) is 25.1 Å². The third kappa shape index (κ3) is 2.47. The van der Waals surface area contributed by atoms with Gasteiger partial charge in [0.05, 0.1) is 5.92 Å². The molecule has 0 bridgehead atoms. The van der Waals surface area contributed by atoms with Crippen molar-refractivity contribution in [2.75, 3.05) is 13.1 Å². The number of hydrogen-bond acceptors (Lipinski definition) is 2. The summed E-state index contributed by atoms with van der Waals surface area (Å²) in [7, 11) is 0. The Morgan fingerprint density at radius 2 is 2.24 bits per heavy atom. The first-order valence-electron chi connectivity index (χ1n) is 5.81. The van der Waals surface area contributed by atoms with E-state index in [9.17, 15) is 9.18 Å². The average Bonchev–Trinajstić information content (AvgIpc) is 2.78. The van der Waals surface area contributed by atoms with Crippen molar-refractivity contribution in [2.24, 2.45) is 5.92 Å². The van der Waals surface area contributed by atoms with Crippen LogP contribution in [0.25, 0.3) is 0 Å². The molecule has 17 heavy (non-hydrogen) atoms. The maximum atomic E-state index is 13.6. The van der Waals surface area contributed by atoms with Crippen LogP contribution in [0.3, 0.4) is 0 Å². The largest absolute Gasteiger partial charge is 0.481 e. The van der Waals surface area contributed by atoms with Gasteiger partial charge in [0, 0.05) is 18.2 Å². The molecule has 1 aliphatic rings. The second-order valence-corrected chi connectivity index (χ2v) is 4.52. The Hall–Kier alpha value is -1.42. The van der Waals surface area contributed by atoms with Crippen molar-refractivity contribution in [3.63, 3.8) is 0 Å². The Morgan fingerprint density at radius 1 is 1.53 bits per heavy atom. The number of carboxylic acids is 1. The van der Waals surface area contributed by atoms with Gasteiger partial charge in [-0.1, -0.05) is 18.2 Å². The lowest BCUT2D eigenvalue weighted by Crippen LogP contribution is -2.26. The normalized spacial score (nSPS) is 22.6. The molecule has 1 N–H and O–H groups in total. The summed E-state index contributed by atoms with van der Waals surface area (Å²) in [6.45, 7) is 3.14. The molecule has 4 heteroatoms. The lowest BCUT2D eigenvalue weighted by molar-refractivity contribution is -0.141. The summed E-state index contributed by atoms with van der Waals surface area (Å²) in [6.07, 6.45) is 0.647. The van der Waals surface area contributed by atoms with Crippen molar-refractivity contribution in [1.82, 2.24) is 4.90 Å². The summed E-state index contributed by atoms with van der Waals surface area (Å²) in [5.41, 5.74) is 0.638. The smallest absolute Gasteiger partial charge is 0.307 e. The van der Waals surface area contributed by atoms with Crippen LogP contribution in [0.15, 0.2) is 24.3 Å². The highest BCUT2D eigenvalue weighted by Gasteiger charge is 2.31. The molecule has 1 saturated heterocycles. The number of carboxylic acid groups (broad SMARTS) is 1. The molecule has 0 saturated carbocycles. The number of hydrogen-bond donors (Lipinski definition) is 1. The second-order valence-electron chi connectivity index (χ2n) is 4.52. The van der Waals surface area contributed by atoms with E-state index in [0.717, 1.165) is 0 Å². The predicted octanol–water partition coefficient (Wildman–Crippen LogP) is 2.29. The van der Waals surface area contributed by atoms with Gasteiger partial charge in [0.1, 0.15) is 5.82 Å². The first kappa shape index (κ1) is 12.0. The van der Waals surface area contributed by atoms with E-state index in [1.165, 1.54) is 6.07 Å². The van der Waals surface area contributed by atoms with Crippen LogP contribution < -0.4 is 0 Å². The van der Waals surface area contributed by atoms with Gasteiger partial charge < -0.3 is 5.11 Å². The van der Waals surface area contributed by atoms with Crippen molar-refractivity contribution in [2.45, 2.75) is 19.4 Å². The van der Waals surface area contributed by atoms with E-state index in [-0.39, 0.29) is 17.8 Å². The minimum absolute atomic E-state index is 0.0689. The molecule has 0 aliphatic carbocycles. The topological polar surface area (TPSA) is 40.5 Å². The number of carbonyl (C=O) groups is 1. The van der Waals surface area contributed by atoms with Crippen LogP contribution in [0.4, 0.5) is 4.39 Å². The zero-order valence-electron chi connectivity index (χ0n) is 9.77. The van der Waals surface area contributed by atoms with Gasteiger partial charge in [0.25, 0.3) is 0 Å². The highest BCUT2D eigenvalue weighted by molar-refractivity contribution is 5.70. The fourth-order valence-electron chi connectivity index (χ4n) is 2.35. The molecule has 92 valence electrons. The number of rotatable bonds is 3. The molecular formula is C13H16FNO2. The van der Waals surface area contributed by atoms with Crippen LogP contribution in [0, 0.1) is 11.7 Å². The van der Waals surface area contributed by atoms with E-state index in [4.69, 9.17) is 5.11 Å². The van der Waals surface area contributed by atoms with Crippen molar-refractivity contribution in [1.29, 1.82) is 0 Å². The zero-order chi connectivity index (χ0) is 12.4. The lowest BCUT2D eigenvalue weighted by atomic mass is 10.1. The molecular weight excluding hydrogens is 221 g/mol. The van der Waals surface area contributed by atoms with Crippen LogP contribution in [0.2, 0.25) is 0 Å². The first-order valence-corrected chi connectivity index (χ1v) is 5.81. The van der Waals surface area contributed by atoms with Crippen molar-refractivity contribution in [3.05, 3.63) is 35.6 Å². The molecule has 0 spiro atoms. The molecule has 0 unspecified atom stereocenters. The predicted molar refractivity (Wildman–Crippen MR) is 62.1 cm³/mol. The van der Waals surface area contributed by atoms with Crippen LogP contribution >= 0.6 is 0 Å². The van der Waals surface area contributed by atoms with Gasteiger partial charge in [-0.2, -0.15) is 0 Å². The number of likely N-dealkylation sites (tertiary alicyclic amines) is 1. The van der Waals surface area contributed by atoms with Crippen molar-refractivity contribution < 1.29 is 14.3 Å². The maximum absolute atomic E-state index is 13.6. The molecule has 1 aliphatic heterocycles. The Kier molecular flexibility index (Phi) is 3.43. The summed E-state index contributed by atoms with van der Waals surface area (Å²) < 4.78 is 13.6. The molecule has 3 nitrogen and oxygen atoms in total. The molecule has 1 heterocycles. The molecule has 1 fully saturated rings. The van der Waals surface area contributed by atoms with Gasteiger partial charge in [0.2, 0.25) is 0 Å². The highest BCUT2D eigenvalue weighted by atomic mass is 19.1. The third-order valence-corrected chi connectivity index (χ3v) is 3.47. The van der Waals surface area contributed by atoms with Gasteiger partial charge in [0.15, 0.2) is 0 Å².